The molecule has 1 atom stereocenters. The molecule has 20 heavy (non-hydrogen) atoms. The van der Waals surface area contributed by atoms with Gasteiger partial charge in [0.15, 0.2) is 11.5 Å². The predicted octanol–water partition coefficient (Wildman–Crippen LogP) is 1.64. The smallest absolute Gasteiger partial charge is 0.255 e. The SMILES string of the molecule is CCC(CC(N)=S)NC(=O)c1cccc2c1OCCO2. The van der Waals surface area contributed by atoms with E-state index in [2.05, 4.69) is 5.32 Å². The molecule has 0 fully saturated rings. The number of hydrogen-bond donors (Lipinski definition) is 2. The van der Waals surface area contributed by atoms with Crippen LogP contribution in [-0.2, 0) is 0 Å². The molecule has 108 valence electrons. The number of carbonyl (C=O) groups excluding carboxylic acids is 1. The number of nitrogens with two attached hydrogens (primary N) is 1. The highest BCUT2D eigenvalue weighted by Gasteiger charge is 2.22. The van der Waals surface area contributed by atoms with Gasteiger partial charge >= 0.3 is 0 Å². The summed E-state index contributed by atoms with van der Waals surface area (Å²) < 4.78 is 11.0. The first kappa shape index (κ1) is 14.6. The fourth-order valence-corrected chi connectivity index (χ4v) is 2.26. The summed E-state index contributed by atoms with van der Waals surface area (Å²) in [6.45, 7) is 2.92. The number of amides is 1. The van der Waals surface area contributed by atoms with Crippen molar-refractivity contribution in [2.45, 2.75) is 25.8 Å². The van der Waals surface area contributed by atoms with Gasteiger partial charge in [-0.05, 0) is 18.6 Å². The summed E-state index contributed by atoms with van der Waals surface area (Å²) in [5, 5.41) is 2.92. The molecule has 1 aromatic carbocycles. The van der Waals surface area contributed by atoms with E-state index in [0.29, 0.717) is 41.7 Å². The lowest BCUT2D eigenvalue weighted by atomic mass is 10.1. The lowest BCUT2D eigenvalue weighted by Gasteiger charge is -2.22. The van der Waals surface area contributed by atoms with Crippen molar-refractivity contribution in [3.63, 3.8) is 0 Å². The first-order valence-corrected chi connectivity index (χ1v) is 7.00. The molecule has 1 aliphatic heterocycles. The van der Waals surface area contributed by atoms with Gasteiger partial charge in [-0.1, -0.05) is 25.2 Å². The summed E-state index contributed by atoms with van der Waals surface area (Å²) in [5.74, 6) is 0.906. The third-order valence-electron chi connectivity index (χ3n) is 3.09. The zero-order chi connectivity index (χ0) is 14.5. The van der Waals surface area contributed by atoms with Gasteiger partial charge in [-0.25, -0.2) is 0 Å². The molecule has 1 heterocycles. The normalized spacial score (nSPS) is 14.4. The van der Waals surface area contributed by atoms with Crippen molar-refractivity contribution in [2.24, 2.45) is 5.73 Å². The second-order valence-electron chi connectivity index (χ2n) is 4.58. The highest BCUT2D eigenvalue weighted by atomic mass is 32.1. The Bertz CT molecular complexity index is 519. The molecule has 0 aromatic heterocycles. The highest BCUT2D eigenvalue weighted by molar-refractivity contribution is 7.80. The van der Waals surface area contributed by atoms with Crippen molar-refractivity contribution in [1.82, 2.24) is 5.32 Å². The molecule has 0 aliphatic carbocycles. The molecule has 2 rings (SSSR count). The van der Waals surface area contributed by atoms with Gasteiger partial charge in [-0.3, -0.25) is 4.79 Å². The second-order valence-corrected chi connectivity index (χ2v) is 5.10. The maximum atomic E-state index is 12.3. The minimum Gasteiger partial charge on any atom is -0.486 e. The van der Waals surface area contributed by atoms with Crippen LogP contribution in [0.5, 0.6) is 11.5 Å². The fraction of sp³-hybridized carbons (Fsp3) is 0.429. The van der Waals surface area contributed by atoms with Gasteiger partial charge in [-0.2, -0.15) is 0 Å². The van der Waals surface area contributed by atoms with Crippen molar-refractivity contribution in [3.8, 4) is 11.5 Å². The molecule has 6 heteroatoms. The first-order chi connectivity index (χ1) is 9.61. The van der Waals surface area contributed by atoms with Gasteiger partial charge in [0.25, 0.3) is 5.91 Å². The highest BCUT2D eigenvalue weighted by Crippen LogP contribution is 2.33. The number of benzene rings is 1. The number of rotatable bonds is 5. The summed E-state index contributed by atoms with van der Waals surface area (Å²) in [7, 11) is 0. The van der Waals surface area contributed by atoms with Gasteiger partial charge in [-0.15, -0.1) is 0 Å². The quantitative estimate of drug-likeness (QED) is 0.808. The predicted molar refractivity (Wildman–Crippen MR) is 80.4 cm³/mol. The Morgan fingerprint density at radius 2 is 2.20 bits per heavy atom. The molecule has 0 bridgehead atoms. The van der Waals surface area contributed by atoms with Crippen LogP contribution in [0, 0.1) is 0 Å². The van der Waals surface area contributed by atoms with E-state index in [9.17, 15) is 4.79 Å². The number of ether oxygens (including phenoxy) is 2. The molecule has 1 unspecified atom stereocenters. The summed E-state index contributed by atoms with van der Waals surface area (Å²) in [6, 6.07) is 5.21. The Balaban J connectivity index is 2.14. The maximum Gasteiger partial charge on any atom is 0.255 e. The van der Waals surface area contributed by atoms with E-state index >= 15 is 0 Å². The summed E-state index contributed by atoms with van der Waals surface area (Å²) in [4.78, 5) is 12.7. The fourth-order valence-electron chi connectivity index (χ4n) is 2.06. The van der Waals surface area contributed by atoms with E-state index in [-0.39, 0.29) is 11.9 Å². The van der Waals surface area contributed by atoms with E-state index < -0.39 is 0 Å². The number of carbonyl (C=O) groups is 1. The van der Waals surface area contributed by atoms with Gasteiger partial charge in [0.1, 0.15) is 13.2 Å². The van der Waals surface area contributed by atoms with Crippen molar-refractivity contribution >= 4 is 23.1 Å². The molecule has 1 aromatic rings. The van der Waals surface area contributed by atoms with E-state index in [0.717, 1.165) is 6.42 Å². The van der Waals surface area contributed by atoms with E-state index in [1.165, 1.54) is 0 Å². The molecule has 1 aliphatic rings. The molecule has 3 N–H and O–H groups in total. The largest absolute Gasteiger partial charge is 0.486 e. The van der Waals surface area contributed by atoms with Crippen LogP contribution >= 0.6 is 12.2 Å². The van der Waals surface area contributed by atoms with Crippen molar-refractivity contribution in [2.75, 3.05) is 13.2 Å². The topological polar surface area (TPSA) is 73.6 Å². The molecule has 0 spiro atoms. The number of fused-ring (bicyclic) bond motifs is 1. The molecular weight excluding hydrogens is 276 g/mol. The standard InChI is InChI=1S/C14H18N2O3S/c1-2-9(8-12(15)20)16-14(17)10-4-3-5-11-13(10)19-7-6-18-11/h3-5,9H,2,6-8H2,1H3,(H2,15,20)(H,16,17). The maximum absolute atomic E-state index is 12.3. The van der Waals surface area contributed by atoms with Gasteiger partial charge in [0.05, 0.1) is 10.6 Å². The van der Waals surface area contributed by atoms with Crippen LogP contribution in [-0.4, -0.2) is 30.2 Å². The first-order valence-electron chi connectivity index (χ1n) is 6.59. The lowest BCUT2D eigenvalue weighted by Crippen LogP contribution is -2.37. The van der Waals surface area contributed by atoms with E-state index in [1.807, 2.05) is 6.92 Å². The molecular formula is C14H18N2O3S. The molecule has 0 saturated carbocycles. The van der Waals surface area contributed by atoms with Crippen LogP contribution < -0.4 is 20.5 Å². The summed E-state index contributed by atoms with van der Waals surface area (Å²) in [5.41, 5.74) is 6.01. The second kappa shape index (κ2) is 6.56. The van der Waals surface area contributed by atoms with Gasteiger partial charge in [0.2, 0.25) is 0 Å². The Kier molecular flexibility index (Phi) is 4.79. The van der Waals surface area contributed by atoms with Crippen LogP contribution in [0.4, 0.5) is 0 Å². The van der Waals surface area contributed by atoms with Crippen molar-refractivity contribution < 1.29 is 14.3 Å². The Labute approximate surface area is 123 Å². The Hall–Kier alpha value is -1.82. The van der Waals surface area contributed by atoms with Crippen LogP contribution in [0.3, 0.4) is 0 Å². The van der Waals surface area contributed by atoms with E-state index in [4.69, 9.17) is 27.4 Å². The molecule has 1 amide bonds. The monoisotopic (exact) mass is 294 g/mol. The number of hydrogen-bond acceptors (Lipinski definition) is 4. The summed E-state index contributed by atoms with van der Waals surface area (Å²) in [6.07, 6.45) is 1.25. The van der Waals surface area contributed by atoms with Crippen molar-refractivity contribution in [1.29, 1.82) is 0 Å². The number of thiocarbonyl (C=S) groups is 1. The number of para-hydroxylation sites is 1. The molecule has 5 nitrogen and oxygen atoms in total. The number of nitrogens with one attached hydrogen (secondary N) is 1. The van der Waals surface area contributed by atoms with E-state index in [1.54, 1.807) is 18.2 Å². The Morgan fingerprint density at radius 1 is 1.45 bits per heavy atom. The third-order valence-corrected chi connectivity index (χ3v) is 3.25. The average Bonchev–Trinajstić information content (AvgIpc) is 2.45. The molecule has 0 radical (unpaired) electrons. The van der Waals surface area contributed by atoms with Gasteiger partial charge in [0, 0.05) is 12.5 Å². The third kappa shape index (κ3) is 3.39. The van der Waals surface area contributed by atoms with Crippen LogP contribution in [0.15, 0.2) is 18.2 Å². The average molecular weight is 294 g/mol. The molecule has 0 saturated heterocycles. The van der Waals surface area contributed by atoms with Gasteiger partial charge < -0.3 is 20.5 Å². The minimum absolute atomic E-state index is 0.0691. The van der Waals surface area contributed by atoms with Crippen LogP contribution in [0.2, 0.25) is 0 Å². The zero-order valence-electron chi connectivity index (χ0n) is 11.3. The Morgan fingerprint density at radius 3 is 2.90 bits per heavy atom. The zero-order valence-corrected chi connectivity index (χ0v) is 12.2. The minimum atomic E-state index is -0.199. The summed E-state index contributed by atoms with van der Waals surface area (Å²) >= 11 is 4.89. The van der Waals surface area contributed by atoms with Crippen molar-refractivity contribution in [3.05, 3.63) is 23.8 Å². The lowest BCUT2D eigenvalue weighted by molar-refractivity contribution is 0.0926. The van der Waals surface area contributed by atoms with Crippen LogP contribution in [0.25, 0.3) is 0 Å². The van der Waals surface area contributed by atoms with Crippen LogP contribution in [0.1, 0.15) is 30.1 Å².